The van der Waals surface area contributed by atoms with Crippen molar-refractivity contribution in [3.05, 3.63) is 72.1 Å². The lowest BCUT2D eigenvalue weighted by Gasteiger charge is -2.05. The van der Waals surface area contributed by atoms with Gasteiger partial charge in [0.1, 0.15) is 5.82 Å². The predicted octanol–water partition coefficient (Wildman–Crippen LogP) is 3.44. The van der Waals surface area contributed by atoms with E-state index < -0.39 is 0 Å². The normalized spacial score (nSPS) is 10.7. The minimum Gasteiger partial charge on any atom is -0.268 e. The van der Waals surface area contributed by atoms with E-state index in [1.807, 2.05) is 24.4 Å². The van der Waals surface area contributed by atoms with Gasteiger partial charge in [0, 0.05) is 35.3 Å². The van der Waals surface area contributed by atoms with Crippen molar-refractivity contribution in [3.63, 3.8) is 0 Å². The first-order chi connectivity index (χ1) is 9.74. The van der Waals surface area contributed by atoms with Crippen molar-refractivity contribution < 1.29 is 4.39 Å². The Balaban J connectivity index is 1.86. The molecular weight excluding hydrogens is 253 g/mol. The molecule has 0 bridgehead atoms. The van der Waals surface area contributed by atoms with Crippen molar-refractivity contribution in [2.24, 2.45) is 0 Å². The van der Waals surface area contributed by atoms with Crippen molar-refractivity contribution in [1.29, 1.82) is 0 Å². The van der Waals surface area contributed by atoms with Crippen molar-refractivity contribution in [2.75, 3.05) is 0 Å². The number of benzene rings is 1. The van der Waals surface area contributed by atoms with Crippen LogP contribution in [0.5, 0.6) is 0 Å². The molecule has 0 amide bonds. The number of hydrogen-bond donors (Lipinski definition) is 0. The smallest absolute Gasteiger partial charge is 0.131 e. The van der Waals surface area contributed by atoms with E-state index in [4.69, 9.17) is 0 Å². The van der Waals surface area contributed by atoms with Crippen LogP contribution < -0.4 is 0 Å². The maximum atomic E-state index is 14.0. The van der Waals surface area contributed by atoms with E-state index in [-0.39, 0.29) is 5.82 Å². The zero-order chi connectivity index (χ0) is 13.9. The number of aromatic nitrogens is 3. The summed E-state index contributed by atoms with van der Waals surface area (Å²) in [7, 11) is 0. The first-order valence-corrected chi connectivity index (χ1v) is 6.41. The lowest BCUT2D eigenvalue weighted by Crippen LogP contribution is -2.03. The summed E-state index contributed by atoms with van der Waals surface area (Å²) in [5.74, 6) is -0.161. The molecular formula is C16H14FN3. The summed E-state index contributed by atoms with van der Waals surface area (Å²) in [5, 5.41) is 4.28. The summed E-state index contributed by atoms with van der Waals surface area (Å²) in [6, 6.07) is 9.27. The fourth-order valence-corrected chi connectivity index (χ4v) is 2.14. The topological polar surface area (TPSA) is 30.7 Å². The molecule has 100 valence electrons. The molecule has 0 saturated heterocycles. The Bertz CT molecular complexity index is 720. The van der Waals surface area contributed by atoms with Crippen LogP contribution in [0.2, 0.25) is 0 Å². The minimum atomic E-state index is -0.161. The molecule has 2 heterocycles. The van der Waals surface area contributed by atoms with Gasteiger partial charge in [0.2, 0.25) is 0 Å². The molecule has 0 atom stereocenters. The second-order valence-corrected chi connectivity index (χ2v) is 4.72. The lowest BCUT2D eigenvalue weighted by molar-refractivity contribution is 0.578. The van der Waals surface area contributed by atoms with Gasteiger partial charge in [-0.2, -0.15) is 5.10 Å². The van der Waals surface area contributed by atoms with Crippen LogP contribution in [0.1, 0.15) is 11.1 Å². The Morgan fingerprint density at radius 2 is 2.00 bits per heavy atom. The van der Waals surface area contributed by atoms with E-state index in [9.17, 15) is 4.39 Å². The molecule has 0 spiro atoms. The van der Waals surface area contributed by atoms with Crippen molar-refractivity contribution in [3.8, 4) is 11.1 Å². The third-order valence-electron chi connectivity index (χ3n) is 3.23. The Hall–Kier alpha value is -2.49. The van der Waals surface area contributed by atoms with Gasteiger partial charge in [0.15, 0.2) is 0 Å². The molecule has 4 heteroatoms. The second-order valence-electron chi connectivity index (χ2n) is 4.72. The van der Waals surface area contributed by atoms with Crippen LogP contribution in [0.25, 0.3) is 11.1 Å². The number of halogens is 1. The number of aryl methyl sites for hydroxylation is 1. The Morgan fingerprint density at radius 3 is 2.80 bits per heavy atom. The highest BCUT2D eigenvalue weighted by molar-refractivity contribution is 5.60. The van der Waals surface area contributed by atoms with Crippen LogP contribution in [0.4, 0.5) is 4.39 Å². The summed E-state index contributed by atoms with van der Waals surface area (Å²) in [4.78, 5) is 4.08. The van der Waals surface area contributed by atoms with Crippen LogP contribution in [-0.4, -0.2) is 14.8 Å². The fraction of sp³-hybridized carbons (Fsp3) is 0.125. The van der Waals surface area contributed by atoms with E-state index in [1.165, 1.54) is 0 Å². The molecule has 3 aromatic rings. The molecule has 0 aliphatic heterocycles. The summed E-state index contributed by atoms with van der Waals surface area (Å²) < 4.78 is 15.7. The van der Waals surface area contributed by atoms with E-state index in [0.717, 1.165) is 11.1 Å². The van der Waals surface area contributed by atoms with E-state index in [2.05, 4.69) is 10.1 Å². The van der Waals surface area contributed by atoms with Gasteiger partial charge in [-0.15, -0.1) is 0 Å². The summed E-state index contributed by atoms with van der Waals surface area (Å²) in [6.45, 7) is 2.19. The zero-order valence-electron chi connectivity index (χ0n) is 11.1. The maximum Gasteiger partial charge on any atom is 0.131 e. The molecule has 1 aromatic carbocycles. The van der Waals surface area contributed by atoms with Crippen molar-refractivity contribution >= 4 is 0 Å². The molecule has 0 aliphatic rings. The minimum absolute atomic E-state index is 0.161. The van der Waals surface area contributed by atoms with Crippen molar-refractivity contribution in [1.82, 2.24) is 14.8 Å². The first kappa shape index (κ1) is 12.5. The SMILES string of the molecule is Cc1cccc(Cn2cc(-c3cccnc3)cn2)c1F. The average molecular weight is 267 g/mol. The molecule has 0 fully saturated rings. The van der Waals surface area contributed by atoms with Crippen LogP contribution in [-0.2, 0) is 6.54 Å². The largest absolute Gasteiger partial charge is 0.268 e. The Morgan fingerprint density at radius 1 is 1.10 bits per heavy atom. The molecule has 0 N–H and O–H groups in total. The molecule has 2 aromatic heterocycles. The molecule has 0 aliphatic carbocycles. The molecule has 3 nitrogen and oxygen atoms in total. The standard InChI is InChI=1S/C16H14FN3/c1-12-4-2-5-14(16(12)17)10-20-11-15(9-19-20)13-6-3-7-18-8-13/h2-9,11H,10H2,1H3. The van der Waals surface area contributed by atoms with Gasteiger partial charge in [0.25, 0.3) is 0 Å². The van der Waals surface area contributed by atoms with E-state index in [1.54, 1.807) is 42.3 Å². The second kappa shape index (κ2) is 5.25. The van der Waals surface area contributed by atoms with Gasteiger partial charge in [0.05, 0.1) is 12.7 Å². The van der Waals surface area contributed by atoms with Gasteiger partial charge >= 0.3 is 0 Å². The van der Waals surface area contributed by atoms with Gasteiger partial charge in [-0.1, -0.05) is 24.3 Å². The number of hydrogen-bond acceptors (Lipinski definition) is 2. The van der Waals surface area contributed by atoms with Gasteiger partial charge in [-0.25, -0.2) is 4.39 Å². The van der Waals surface area contributed by atoms with Gasteiger partial charge in [-0.3, -0.25) is 9.67 Å². The maximum absolute atomic E-state index is 14.0. The molecule has 20 heavy (non-hydrogen) atoms. The highest BCUT2D eigenvalue weighted by Gasteiger charge is 2.07. The predicted molar refractivity (Wildman–Crippen MR) is 75.7 cm³/mol. The molecule has 0 radical (unpaired) electrons. The number of nitrogens with zero attached hydrogens (tertiary/aromatic N) is 3. The lowest BCUT2D eigenvalue weighted by atomic mass is 10.1. The van der Waals surface area contributed by atoms with E-state index >= 15 is 0 Å². The highest BCUT2D eigenvalue weighted by Crippen LogP contribution is 2.18. The molecule has 3 rings (SSSR count). The Kier molecular flexibility index (Phi) is 3.29. The highest BCUT2D eigenvalue weighted by atomic mass is 19.1. The first-order valence-electron chi connectivity index (χ1n) is 6.41. The van der Waals surface area contributed by atoms with Crippen LogP contribution in [0.15, 0.2) is 55.1 Å². The summed E-state index contributed by atoms with van der Waals surface area (Å²) >= 11 is 0. The van der Waals surface area contributed by atoms with Crippen LogP contribution in [0.3, 0.4) is 0 Å². The third-order valence-corrected chi connectivity index (χ3v) is 3.23. The third kappa shape index (κ3) is 2.45. The monoisotopic (exact) mass is 267 g/mol. The summed E-state index contributed by atoms with van der Waals surface area (Å²) in [6.07, 6.45) is 7.19. The quantitative estimate of drug-likeness (QED) is 0.727. The van der Waals surface area contributed by atoms with E-state index in [0.29, 0.717) is 17.7 Å². The molecule has 0 saturated carbocycles. The van der Waals surface area contributed by atoms with Gasteiger partial charge in [-0.05, 0) is 18.6 Å². The zero-order valence-corrected chi connectivity index (χ0v) is 11.1. The average Bonchev–Trinajstić information content (AvgIpc) is 2.93. The van der Waals surface area contributed by atoms with Crippen LogP contribution >= 0.6 is 0 Å². The molecule has 0 unspecified atom stereocenters. The fourth-order valence-electron chi connectivity index (χ4n) is 2.14. The van der Waals surface area contributed by atoms with Gasteiger partial charge < -0.3 is 0 Å². The number of pyridine rings is 1. The van der Waals surface area contributed by atoms with Crippen molar-refractivity contribution in [2.45, 2.75) is 13.5 Å². The number of rotatable bonds is 3. The van der Waals surface area contributed by atoms with Crippen LogP contribution in [0, 0.1) is 12.7 Å². The summed E-state index contributed by atoms with van der Waals surface area (Å²) in [5.41, 5.74) is 3.28. The Labute approximate surface area is 116 Å².